The normalized spacial score (nSPS) is 14.7. The topological polar surface area (TPSA) is 66.9 Å². The van der Waals surface area contributed by atoms with Gasteiger partial charge in [0.1, 0.15) is 5.69 Å². The van der Waals surface area contributed by atoms with Gasteiger partial charge in [-0.2, -0.15) is 0 Å². The number of carbonyl (C=O) groups excluding carboxylic acids is 1. The van der Waals surface area contributed by atoms with Gasteiger partial charge in [0.05, 0.1) is 24.1 Å². The van der Waals surface area contributed by atoms with Crippen LogP contribution in [0.2, 0.25) is 0 Å². The number of amides is 1. The summed E-state index contributed by atoms with van der Waals surface area (Å²) in [5.41, 5.74) is 2.23. The zero-order valence-electron chi connectivity index (χ0n) is 12.5. The molecular formula is C17H20N4O. The fraction of sp³-hybridized carbons (Fsp3) is 0.353. The van der Waals surface area contributed by atoms with Crippen LogP contribution in [0.4, 0.5) is 5.69 Å². The molecule has 0 atom stereocenters. The smallest absolute Gasteiger partial charge is 0.270 e. The molecule has 0 spiro atoms. The van der Waals surface area contributed by atoms with Gasteiger partial charge in [-0.3, -0.25) is 9.78 Å². The maximum Gasteiger partial charge on any atom is 0.270 e. The Balaban J connectivity index is 1.54. The molecule has 2 heterocycles. The van der Waals surface area contributed by atoms with Gasteiger partial charge in [0.25, 0.3) is 5.91 Å². The van der Waals surface area contributed by atoms with Crippen LogP contribution in [0.15, 0.2) is 42.7 Å². The van der Waals surface area contributed by atoms with Gasteiger partial charge in [0, 0.05) is 12.2 Å². The summed E-state index contributed by atoms with van der Waals surface area (Å²) in [6.45, 7) is 0.406. The fourth-order valence-corrected chi connectivity index (χ4v) is 2.68. The number of nitrogens with zero attached hydrogens (tertiary/aromatic N) is 2. The van der Waals surface area contributed by atoms with E-state index in [2.05, 4.69) is 20.6 Å². The summed E-state index contributed by atoms with van der Waals surface area (Å²) in [4.78, 5) is 20.5. The number of aromatic nitrogens is 2. The van der Waals surface area contributed by atoms with Crippen LogP contribution in [0, 0.1) is 0 Å². The molecule has 114 valence electrons. The number of hydrogen-bond donors (Lipinski definition) is 2. The zero-order valence-corrected chi connectivity index (χ0v) is 12.5. The molecule has 5 nitrogen and oxygen atoms in total. The van der Waals surface area contributed by atoms with Crippen LogP contribution in [0.5, 0.6) is 0 Å². The number of anilines is 1. The SMILES string of the molecule is O=C(NCc1ccccn1)c1ccc(NC2CCCC2)cn1. The van der Waals surface area contributed by atoms with E-state index in [1.54, 1.807) is 18.5 Å². The van der Waals surface area contributed by atoms with E-state index in [0.717, 1.165) is 11.4 Å². The summed E-state index contributed by atoms with van der Waals surface area (Å²) < 4.78 is 0. The minimum absolute atomic E-state index is 0.182. The van der Waals surface area contributed by atoms with Crippen molar-refractivity contribution in [1.82, 2.24) is 15.3 Å². The monoisotopic (exact) mass is 296 g/mol. The summed E-state index contributed by atoms with van der Waals surface area (Å²) in [7, 11) is 0. The molecule has 1 aliphatic carbocycles. The molecular weight excluding hydrogens is 276 g/mol. The first-order chi connectivity index (χ1) is 10.8. The first-order valence-corrected chi connectivity index (χ1v) is 7.72. The van der Waals surface area contributed by atoms with E-state index < -0.39 is 0 Å². The molecule has 2 aromatic rings. The third kappa shape index (κ3) is 3.81. The predicted octanol–water partition coefficient (Wildman–Crippen LogP) is 2.76. The average molecular weight is 296 g/mol. The predicted molar refractivity (Wildman–Crippen MR) is 85.5 cm³/mol. The van der Waals surface area contributed by atoms with Crippen molar-refractivity contribution in [2.75, 3.05) is 5.32 Å². The second kappa shape index (κ2) is 7.02. The lowest BCUT2D eigenvalue weighted by Gasteiger charge is -2.13. The van der Waals surface area contributed by atoms with Crippen LogP contribution in [0.3, 0.4) is 0 Å². The molecule has 1 aliphatic rings. The molecule has 0 unspecified atom stereocenters. The van der Waals surface area contributed by atoms with Crippen LogP contribution >= 0.6 is 0 Å². The van der Waals surface area contributed by atoms with Crippen LogP contribution in [-0.4, -0.2) is 21.9 Å². The van der Waals surface area contributed by atoms with Crippen LogP contribution in [0.25, 0.3) is 0 Å². The van der Waals surface area contributed by atoms with Gasteiger partial charge >= 0.3 is 0 Å². The van der Waals surface area contributed by atoms with Crippen LogP contribution in [-0.2, 0) is 6.54 Å². The van der Waals surface area contributed by atoms with Crippen molar-refractivity contribution in [2.45, 2.75) is 38.3 Å². The van der Waals surface area contributed by atoms with Crippen molar-refractivity contribution in [3.8, 4) is 0 Å². The van der Waals surface area contributed by atoms with E-state index in [-0.39, 0.29) is 5.91 Å². The standard InChI is InChI=1S/C17H20N4O/c22-17(20-11-14-7-3-4-10-18-14)16-9-8-15(12-19-16)21-13-5-1-2-6-13/h3-4,7-10,12-13,21H,1-2,5-6,11H2,(H,20,22). The van der Waals surface area contributed by atoms with E-state index in [4.69, 9.17) is 0 Å². The molecule has 3 rings (SSSR count). The highest BCUT2D eigenvalue weighted by atomic mass is 16.1. The molecule has 0 saturated heterocycles. The Morgan fingerprint density at radius 3 is 2.68 bits per heavy atom. The van der Waals surface area contributed by atoms with Crippen LogP contribution < -0.4 is 10.6 Å². The minimum Gasteiger partial charge on any atom is -0.381 e. The lowest BCUT2D eigenvalue weighted by atomic mass is 10.2. The highest BCUT2D eigenvalue weighted by Gasteiger charge is 2.14. The van der Waals surface area contributed by atoms with E-state index in [0.29, 0.717) is 18.3 Å². The molecule has 1 saturated carbocycles. The Bertz CT molecular complexity index is 606. The summed E-state index contributed by atoms with van der Waals surface area (Å²) in [5.74, 6) is -0.182. The lowest BCUT2D eigenvalue weighted by Crippen LogP contribution is -2.24. The Labute approximate surface area is 130 Å². The molecule has 0 aliphatic heterocycles. The number of hydrogen-bond acceptors (Lipinski definition) is 4. The van der Waals surface area contributed by atoms with E-state index >= 15 is 0 Å². The van der Waals surface area contributed by atoms with Crippen molar-refractivity contribution in [1.29, 1.82) is 0 Å². The van der Waals surface area contributed by atoms with E-state index in [9.17, 15) is 4.79 Å². The average Bonchev–Trinajstić information content (AvgIpc) is 3.07. The molecule has 1 fully saturated rings. The van der Waals surface area contributed by atoms with Gasteiger partial charge in [0.2, 0.25) is 0 Å². The van der Waals surface area contributed by atoms with E-state index in [1.165, 1.54) is 25.7 Å². The quantitative estimate of drug-likeness (QED) is 0.890. The minimum atomic E-state index is -0.182. The summed E-state index contributed by atoms with van der Waals surface area (Å²) in [5, 5.41) is 6.28. The van der Waals surface area contributed by atoms with Gasteiger partial charge < -0.3 is 10.6 Å². The Morgan fingerprint density at radius 1 is 1.14 bits per heavy atom. The lowest BCUT2D eigenvalue weighted by molar-refractivity contribution is 0.0945. The number of nitrogens with one attached hydrogen (secondary N) is 2. The third-order valence-electron chi connectivity index (χ3n) is 3.88. The van der Waals surface area contributed by atoms with Gasteiger partial charge in [-0.25, -0.2) is 4.98 Å². The molecule has 5 heteroatoms. The Kier molecular flexibility index (Phi) is 4.63. The maximum atomic E-state index is 12.1. The molecule has 0 bridgehead atoms. The maximum absolute atomic E-state index is 12.1. The molecule has 0 aromatic carbocycles. The first-order valence-electron chi connectivity index (χ1n) is 7.72. The van der Waals surface area contributed by atoms with Crippen molar-refractivity contribution in [3.05, 3.63) is 54.1 Å². The first kappa shape index (κ1) is 14.5. The largest absolute Gasteiger partial charge is 0.381 e. The summed E-state index contributed by atoms with van der Waals surface area (Å²) in [6, 6.07) is 9.85. The third-order valence-corrected chi connectivity index (χ3v) is 3.88. The molecule has 2 aromatic heterocycles. The highest BCUT2D eigenvalue weighted by Crippen LogP contribution is 2.21. The second-order valence-corrected chi connectivity index (χ2v) is 5.56. The summed E-state index contributed by atoms with van der Waals surface area (Å²) >= 11 is 0. The summed E-state index contributed by atoms with van der Waals surface area (Å²) in [6.07, 6.45) is 8.45. The van der Waals surface area contributed by atoms with Crippen molar-refractivity contribution < 1.29 is 4.79 Å². The Hall–Kier alpha value is -2.43. The van der Waals surface area contributed by atoms with Gasteiger partial charge in [0.15, 0.2) is 0 Å². The molecule has 2 N–H and O–H groups in total. The van der Waals surface area contributed by atoms with Crippen molar-refractivity contribution in [2.24, 2.45) is 0 Å². The highest BCUT2D eigenvalue weighted by molar-refractivity contribution is 5.92. The van der Waals surface area contributed by atoms with Gasteiger partial charge in [-0.1, -0.05) is 18.9 Å². The van der Waals surface area contributed by atoms with Gasteiger partial charge in [-0.05, 0) is 37.1 Å². The molecule has 0 radical (unpaired) electrons. The van der Waals surface area contributed by atoms with E-state index in [1.807, 2.05) is 24.3 Å². The molecule has 1 amide bonds. The Morgan fingerprint density at radius 2 is 2.00 bits per heavy atom. The van der Waals surface area contributed by atoms with Gasteiger partial charge in [-0.15, -0.1) is 0 Å². The van der Waals surface area contributed by atoms with Crippen LogP contribution in [0.1, 0.15) is 41.9 Å². The number of carbonyl (C=O) groups is 1. The zero-order chi connectivity index (χ0) is 15.2. The van der Waals surface area contributed by atoms with Crippen molar-refractivity contribution in [3.63, 3.8) is 0 Å². The fourth-order valence-electron chi connectivity index (χ4n) is 2.68. The second-order valence-electron chi connectivity index (χ2n) is 5.56. The molecule has 22 heavy (non-hydrogen) atoms. The number of pyridine rings is 2. The van der Waals surface area contributed by atoms with Crippen molar-refractivity contribution >= 4 is 11.6 Å². The number of rotatable bonds is 5.